The van der Waals surface area contributed by atoms with Gasteiger partial charge in [0, 0.05) is 12.8 Å². The summed E-state index contributed by atoms with van der Waals surface area (Å²) in [6.07, 6.45) is 26.8. The molecule has 1 aliphatic heterocycles. The number of hydrogen-bond acceptors (Lipinski definition) is 10. The van der Waals surface area contributed by atoms with Gasteiger partial charge in [-0.1, -0.05) is 181 Å². The lowest BCUT2D eigenvalue weighted by Gasteiger charge is -2.39. The summed E-state index contributed by atoms with van der Waals surface area (Å²) >= 11 is 0. The number of carbonyl (C=O) groups excluding carboxylic acids is 2. The topological polar surface area (TPSA) is 152 Å². The lowest BCUT2D eigenvalue weighted by Crippen LogP contribution is -2.59. The highest BCUT2D eigenvalue weighted by molar-refractivity contribution is 5.70. The summed E-state index contributed by atoms with van der Waals surface area (Å²) in [6, 6.07) is 0. The highest BCUT2D eigenvalue weighted by atomic mass is 16.7. The van der Waals surface area contributed by atoms with Crippen LogP contribution in [-0.2, 0) is 28.5 Å². The van der Waals surface area contributed by atoms with Crippen LogP contribution in [-0.4, -0.2) is 89.0 Å². The second-order valence-corrected chi connectivity index (χ2v) is 15.5. The van der Waals surface area contributed by atoms with Gasteiger partial charge in [-0.3, -0.25) is 9.59 Å². The molecule has 314 valence electrons. The summed E-state index contributed by atoms with van der Waals surface area (Å²) in [4.78, 5) is 25.3. The second kappa shape index (κ2) is 35.1. The van der Waals surface area contributed by atoms with Gasteiger partial charge in [0.15, 0.2) is 12.4 Å². The molecule has 10 nitrogen and oxygen atoms in total. The first-order valence-corrected chi connectivity index (χ1v) is 22.1. The van der Waals surface area contributed by atoms with E-state index < -0.39 is 49.4 Å². The molecule has 0 aromatic heterocycles. The molecule has 0 amide bonds. The van der Waals surface area contributed by atoms with Gasteiger partial charge in [-0.2, -0.15) is 0 Å². The molecule has 0 spiro atoms. The minimum atomic E-state index is -1.59. The first kappa shape index (κ1) is 49.7. The van der Waals surface area contributed by atoms with Crippen LogP contribution in [0, 0.1) is 0 Å². The van der Waals surface area contributed by atoms with Gasteiger partial charge in [0.1, 0.15) is 31.0 Å². The lowest BCUT2D eigenvalue weighted by molar-refractivity contribution is -0.305. The van der Waals surface area contributed by atoms with Gasteiger partial charge in [0.05, 0.1) is 13.2 Å². The van der Waals surface area contributed by atoms with Crippen LogP contribution in [0.25, 0.3) is 0 Å². The normalized spacial score (nSPS) is 20.8. The summed E-state index contributed by atoms with van der Waals surface area (Å²) < 4.78 is 22.1. The van der Waals surface area contributed by atoms with Crippen molar-refractivity contribution in [3.05, 3.63) is 0 Å². The zero-order valence-corrected chi connectivity index (χ0v) is 34.0. The van der Waals surface area contributed by atoms with E-state index in [4.69, 9.17) is 18.9 Å². The van der Waals surface area contributed by atoms with Gasteiger partial charge < -0.3 is 39.4 Å². The smallest absolute Gasteiger partial charge is 0.306 e. The fraction of sp³-hybridized carbons (Fsp3) is 0.953. The molecule has 1 heterocycles. The van der Waals surface area contributed by atoms with Crippen LogP contribution in [0.4, 0.5) is 0 Å². The molecule has 4 N–H and O–H groups in total. The van der Waals surface area contributed by atoms with Crippen molar-refractivity contribution < 1.29 is 49.0 Å². The van der Waals surface area contributed by atoms with Crippen LogP contribution < -0.4 is 0 Å². The number of carbonyl (C=O) groups is 2. The predicted octanol–water partition coefficient (Wildman–Crippen LogP) is 9.00. The lowest BCUT2D eigenvalue weighted by atomic mass is 9.99. The Hall–Kier alpha value is -1.30. The van der Waals surface area contributed by atoms with Crippen molar-refractivity contribution >= 4 is 11.9 Å². The Morgan fingerprint density at radius 1 is 0.509 bits per heavy atom. The SMILES string of the molecule is CCCCCCCCCCCCCCCCCC(=O)O[C@H](COC(=O)CCCCCCCCCCCCCCC)CO[C@@H]1O[C@H](CO)[C@@H](O)[C@H](O)[C@@H]1O. The minimum absolute atomic E-state index is 0.209. The molecule has 53 heavy (non-hydrogen) atoms. The van der Waals surface area contributed by atoms with E-state index in [1.165, 1.54) is 135 Å². The molecular formula is C43H82O10. The fourth-order valence-corrected chi connectivity index (χ4v) is 6.95. The summed E-state index contributed by atoms with van der Waals surface area (Å²) in [5.41, 5.74) is 0. The molecule has 6 atom stereocenters. The van der Waals surface area contributed by atoms with Crippen molar-refractivity contribution in [2.45, 2.75) is 243 Å². The molecule has 1 saturated heterocycles. The highest BCUT2D eigenvalue weighted by Crippen LogP contribution is 2.23. The maximum absolute atomic E-state index is 12.7. The zero-order chi connectivity index (χ0) is 38.8. The van der Waals surface area contributed by atoms with Crippen molar-refractivity contribution in [3.8, 4) is 0 Å². The standard InChI is InChI=1S/C43H82O10/c1-3-5-7-9-11-13-15-17-18-20-22-24-26-28-30-32-39(46)52-36(35-51-43-42(49)41(48)40(47)37(33-44)53-43)34-50-38(45)31-29-27-25-23-21-19-16-14-12-10-8-6-4-2/h36-37,40-44,47-49H,3-35H2,1-2H3/t36-,37-,40-,41+,42+,43-/m1/s1. The molecule has 0 aliphatic carbocycles. The number of unbranched alkanes of at least 4 members (excludes halogenated alkanes) is 26. The van der Waals surface area contributed by atoms with Gasteiger partial charge in [0.2, 0.25) is 0 Å². The molecule has 10 heteroatoms. The van der Waals surface area contributed by atoms with Crippen molar-refractivity contribution in [1.82, 2.24) is 0 Å². The van der Waals surface area contributed by atoms with Gasteiger partial charge in [0.25, 0.3) is 0 Å². The molecule has 1 fully saturated rings. The highest BCUT2D eigenvalue weighted by Gasteiger charge is 2.44. The number of aliphatic hydroxyl groups is 4. The fourth-order valence-electron chi connectivity index (χ4n) is 6.95. The average Bonchev–Trinajstić information content (AvgIpc) is 3.15. The Balaban J connectivity index is 2.32. The average molecular weight is 759 g/mol. The van der Waals surface area contributed by atoms with E-state index in [1.54, 1.807) is 0 Å². The molecule has 1 aliphatic rings. The Bertz CT molecular complexity index is 840. The quantitative estimate of drug-likeness (QED) is 0.0357. The Morgan fingerprint density at radius 3 is 1.28 bits per heavy atom. The largest absolute Gasteiger partial charge is 0.462 e. The predicted molar refractivity (Wildman–Crippen MR) is 210 cm³/mol. The maximum atomic E-state index is 12.7. The molecule has 0 radical (unpaired) electrons. The first-order valence-electron chi connectivity index (χ1n) is 22.1. The van der Waals surface area contributed by atoms with Gasteiger partial charge in [-0.05, 0) is 12.8 Å². The molecule has 1 rings (SSSR count). The minimum Gasteiger partial charge on any atom is -0.462 e. The van der Waals surface area contributed by atoms with Crippen molar-refractivity contribution in [2.24, 2.45) is 0 Å². The van der Waals surface area contributed by atoms with E-state index in [0.29, 0.717) is 6.42 Å². The Kier molecular flexibility index (Phi) is 33.0. The van der Waals surface area contributed by atoms with Crippen molar-refractivity contribution in [2.75, 3.05) is 19.8 Å². The van der Waals surface area contributed by atoms with E-state index >= 15 is 0 Å². The number of esters is 2. The maximum Gasteiger partial charge on any atom is 0.306 e. The van der Waals surface area contributed by atoms with Gasteiger partial charge >= 0.3 is 11.9 Å². The second-order valence-electron chi connectivity index (χ2n) is 15.5. The van der Waals surface area contributed by atoms with Crippen LogP contribution in [0.1, 0.15) is 206 Å². The third kappa shape index (κ3) is 27.0. The number of ether oxygens (including phenoxy) is 4. The van der Waals surface area contributed by atoms with Crippen LogP contribution in [0.3, 0.4) is 0 Å². The van der Waals surface area contributed by atoms with Crippen LogP contribution in [0.2, 0.25) is 0 Å². The van der Waals surface area contributed by atoms with E-state index in [2.05, 4.69) is 13.8 Å². The zero-order valence-electron chi connectivity index (χ0n) is 34.0. The molecule has 0 aromatic rings. The van der Waals surface area contributed by atoms with E-state index in [9.17, 15) is 30.0 Å². The van der Waals surface area contributed by atoms with Crippen LogP contribution in [0.5, 0.6) is 0 Å². The third-order valence-electron chi connectivity index (χ3n) is 10.5. The van der Waals surface area contributed by atoms with Gasteiger partial charge in [-0.25, -0.2) is 0 Å². The summed E-state index contributed by atoms with van der Waals surface area (Å²) in [5.74, 6) is -0.793. The Labute approximate surface area is 323 Å². The van der Waals surface area contributed by atoms with E-state index in [1.807, 2.05) is 0 Å². The van der Waals surface area contributed by atoms with Crippen LogP contribution >= 0.6 is 0 Å². The first-order chi connectivity index (χ1) is 25.8. The van der Waals surface area contributed by atoms with Gasteiger partial charge in [-0.15, -0.1) is 0 Å². The Morgan fingerprint density at radius 2 is 0.887 bits per heavy atom. The molecule has 0 saturated carbocycles. The van der Waals surface area contributed by atoms with E-state index in [-0.39, 0.29) is 32.0 Å². The summed E-state index contributed by atoms with van der Waals surface area (Å²) in [7, 11) is 0. The summed E-state index contributed by atoms with van der Waals surface area (Å²) in [6.45, 7) is 3.44. The number of hydrogen-bond donors (Lipinski definition) is 4. The molecule has 0 unspecified atom stereocenters. The molecular weight excluding hydrogens is 676 g/mol. The number of rotatable bonds is 37. The van der Waals surface area contributed by atoms with Crippen LogP contribution in [0.15, 0.2) is 0 Å². The van der Waals surface area contributed by atoms with E-state index in [0.717, 1.165) is 38.5 Å². The number of aliphatic hydroxyl groups excluding tert-OH is 4. The third-order valence-corrected chi connectivity index (χ3v) is 10.5. The van der Waals surface area contributed by atoms with Crippen molar-refractivity contribution in [3.63, 3.8) is 0 Å². The monoisotopic (exact) mass is 759 g/mol. The summed E-state index contributed by atoms with van der Waals surface area (Å²) in [5, 5.41) is 40.0. The molecule has 0 aromatic carbocycles. The van der Waals surface area contributed by atoms with Crippen molar-refractivity contribution in [1.29, 1.82) is 0 Å². The molecule has 0 bridgehead atoms.